The molecule has 0 aliphatic carbocycles. The molecule has 0 spiro atoms. The molecule has 1 rings (SSSR count). The van der Waals surface area contributed by atoms with Gasteiger partial charge in [-0.1, -0.05) is 19.9 Å². The summed E-state index contributed by atoms with van der Waals surface area (Å²) in [5.41, 5.74) is 0. The van der Waals surface area contributed by atoms with Crippen LogP contribution in [0.2, 0.25) is 0 Å². The standard InChI is InChI=1S/C13H25N3/c1-5-7-15-13(14-4)16-8-6-12(10-16)9-11(2)3/h5,11-12H,1,6-10H2,2-4H3,(H,14,15). The highest BCUT2D eigenvalue weighted by molar-refractivity contribution is 5.80. The summed E-state index contributed by atoms with van der Waals surface area (Å²) in [7, 11) is 1.85. The van der Waals surface area contributed by atoms with Crippen molar-refractivity contribution in [2.45, 2.75) is 26.7 Å². The third kappa shape index (κ3) is 3.87. The van der Waals surface area contributed by atoms with Gasteiger partial charge in [0.25, 0.3) is 0 Å². The number of aliphatic imine (C=N–C) groups is 1. The molecular formula is C13H25N3. The van der Waals surface area contributed by atoms with Crippen molar-refractivity contribution in [2.24, 2.45) is 16.8 Å². The Hall–Kier alpha value is -0.990. The first-order chi connectivity index (χ1) is 7.67. The molecule has 1 fully saturated rings. The van der Waals surface area contributed by atoms with E-state index in [0.29, 0.717) is 0 Å². The van der Waals surface area contributed by atoms with Gasteiger partial charge in [0.1, 0.15) is 0 Å². The van der Waals surface area contributed by atoms with E-state index in [-0.39, 0.29) is 0 Å². The van der Waals surface area contributed by atoms with Crippen molar-refractivity contribution in [3.05, 3.63) is 12.7 Å². The second-order valence-corrected chi connectivity index (χ2v) is 4.95. The van der Waals surface area contributed by atoms with Crippen LogP contribution in [0, 0.1) is 11.8 Å². The Balaban J connectivity index is 2.41. The summed E-state index contributed by atoms with van der Waals surface area (Å²) < 4.78 is 0. The minimum absolute atomic E-state index is 0.790. The van der Waals surface area contributed by atoms with Gasteiger partial charge in [-0.15, -0.1) is 6.58 Å². The fraction of sp³-hybridized carbons (Fsp3) is 0.769. The van der Waals surface area contributed by atoms with E-state index in [1.54, 1.807) is 0 Å². The minimum atomic E-state index is 0.790. The third-order valence-electron chi connectivity index (χ3n) is 3.01. The van der Waals surface area contributed by atoms with Crippen LogP contribution in [0.25, 0.3) is 0 Å². The zero-order valence-electron chi connectivity index (χ0n) is 10.9. The van der Waals surface area contributed by atoms with Gasteiger partial charge in [-0.25, -0.2) is 0 Å². The lowest BCUT2D eigenvalue weighted by atomic mass is 9.97. The van der Waals surface area contributed by atoms with Crippen molar-refractivity contribution < 1.29 is 0 Å². The van der Waals surface area contributed by atoms with Crippen molar-refractivity contribution in [1.82, 2.24) is 10.2 Å². The predicted molar refractivity (Wildman–Crippen MR) is 70.7 cm³/mol. The monoisotopic (exact) mass is 223 g/mol. The van der Waals surface area contributed by atoms with E-state index in [2.05, 4.69) is 35.6 Å². The van der Waals surface area contributed by atoms with Crippen LogP contribution >= 0.6 is 0 Å². The first-order valence-electron chi connectivity index (χ1n) is 6.23. The molecule has 1 saturated heterocycles. The van der Waals surface area contributed by atoms with Crippen LogP contribution in [0.1, 0.15) is 26.7 Å². The molecule has 0 bridgehead atoms. The van der Waals surface area contributed by atoms with Gasteiger partial charge in [0.2, 0.25) is 0 Å². The molecule has 3 heteroatoms. The van der Waals surface area contributed by atoms with Gasteiger partial charge in [0, 0.05) is 26.7 Å². The molecule has 0 aromatic rings. The van der Waals surface area contributed by atoms with Crippen molar-refractivity contribution in [3.8, 4) is 0 Å². The van der Waals surface area contributed by atoms with Crippen LogP contribution < -0.4 is 5.32 Å². The van der Waals surface area contributed by atoms with Crippen LogP contribution in [0.5, 0.6) is 0 Å². The predicted octanol–water partition coefficient (Wildman–Crippen LogP) is 2.12. The maximum absolute atomic E-state index is 4.30. The van der Waals surface area contributed by atoms with Crippen molar-refractivity contribution in [3.63, 3.8) is 0 Å². The molecule has 3 nitrogen and oxygen atoms in total. The molecule has 1 aliphatic heterocycles. The average Bonchev–Trinajstić information content (AvgIpc) is 2.67. The Labute approximate surface area is 99.6 Å². The smallest absolute Gasteiger partial charge is 0.193 e. The van der Waals surface area contributed by atoms with Crippen LogP contribution in [-0.4, -0.2) is 37.5 Å². The molecule has 1 N–H and O–H groups in total. The molecule has 92 valence electrons. The number of guanidine groups is 1. The van der Waals surface area contributed by atoms with Crippen molar-refractivity contribution in [2.75, 3.05) is 26.7 Å². The van der Waals surface area contributed by atoms with Gasteiger partial charge in [-0.2, -0.15) is 0 Å². The zero-order chi connectivity index (χ0) is 12.0. The summed E-state index contributed by atoms with van der Waals surface area (Å²) in [4.78, 5) is 6.66. The van der Waals surface area contributed by atoms with E-state index in [1.807, 2.05) is 13.1 Å². The second-order valence-electron chi connectivity index (χ2n) is 4.95. The summed E-state index contributed by atoms with van der Waals surface area (Å²) in [5, 5.41) is 3.29. The van der Waals surface area contributed by atoms with E-state index >= 15 is 0 Å². The second kappa shape index (κ2) is 6.56. The number of rotatable bonds is 4. The zero-order valence-corrected chi connectivity index (χ0v) is 10.9. The topological polar surface area (TPSA) is 27.6 Å². The Morgan fingerprint density at radius 2 is 2.38 bits per heavy atom. The molecule has 1 aliphatic rings. The first kappa shape index (κ1) is 13.1. The Bertz CT molecular complexity index is 246. The molecule has 1 unspecified atom stereocenters. The Kier molecular flexibility index (Phi) is 5.36. The van der Waals surface area contributed by atoms with Crippen molar-refractivity contribution >= 4 is 5.96 Å². The number of hydrogen-bond donors (Lipinski definition) is 1. The number of nitrogens with zero attached hydrogens (tertiary/aromatic N) is 2. The fourth-order valence-corrected chi connectivity index (χ4v) is 2.38. The third-order valence-corrected chi connectivity index (χ3v) is 3.01. The first-order valence-corrected chi connectivity index (χ1v) is 6.23. The number of nitrogens with one attached hydrogen (secondary N) is 1. The molecule has 1 heterocycles. The maximum atomic E-state index is 4.30. The van der Waals surface area contributed by atoms with Gasteiger partial charge < -0.3 is 10.2 Å². The summed E-state index contributed by atoms with van der Waals surface area (Å²) >= 11 is 0. The molecule has 0 saturated carbocycles. The van der Waals surface area contributed by atoms with Crippen LogP contribution in [0.4, 0.5) is 0 Å². The molecule has 0 aromatic heterocycles. The van der Waals surface area contributed by atoms with Crippen LogP contribution in [0.3, 0.4) is 0 Å². The summed E-state index contributed by atoms with van der Waals surface area (Å²) in [6.07, 6.45) is 4.49. The van der Waals surface area contributed by atoms with Crippen LogP contribution in [-0.2, 0) is 0 Å². The van der Waals surface area contributed by atoms with Gasteiger partial charge in [-0.3, -0.25) is 4.99 Å². The summed E-state index contributed by atoms with van der Waals surface area (Å²) in [6, 6.07) is 0. The van der Waals surface area contributed by atoms with Crippen molar-refractivity contribution in [1.29, 1.82) is 0 Å². The lowest BCUT2D eigenvalue weighted by Gasteiger charge is -2.21. The van der Waals surface area contributed by atoms with E-state index in [9.17, 15) is 0 Å². The maximum Gasteiger partial charge on any atom is 0.193 e. The van der Waals surface area contributed by atoms with Gasteiger partial charge in [0.15, 0.2) is 5.96 Å². The fourth-order valence-electron chi connectivity index (χ4n) is 2.38. The van der Waals surface area contributed by atoms with E-state index in [4.69, 9.17) is 0 Å². The Morgan fingerprint density at radius 3 is 2.94 bits per heavy atom. The van der Waals surface area contributed by atoms with Crippen LogP contribution in [0.15, 0.2) is 17.6 Å². The number of likely N-dealkylation sites (tertiary alicyclic amines) is 1. The highest BCUT2D eigenvalue weighted by atomic mass is 15.3. The molecule has 1 atom stereocenters. The Morgan fingerprint density at radius 1 is 1.62 bits per heavy atom. The molecule has 0 radical (unpaired) electrons. The quantitative estimate of drug-likeness (QED) is 0.449. The normalized spacial score (nSPS) is 21.6. The van der Waals surface area contributed by atoms with Gasteiger partial charge >= 0.3 is 0 Å². The lowest BCUT2D eigenvalue weighted by Crippen LogP contribution is -2.40. The largest absolute Gasteiger partial charge is 0.353 e. The molecule has 0 aromatic carbocycles. The minimum Gasteiger partial charge on any atom is -0.353 e. The summed E-state index contributed by atoms with van der Waals surface area (Å²) in [6.45, 7) is 11.4. The molecule has 16 heavy (non-hydrogen) atoms. The van der Waals surface area contributed by atoms with E-state index in [0.717, 1.165) is 37.4 Å². The molecular weight excluding hydrogens is 198 g/mol. The summed E-state index contributed by atoms with van der Waals surface area (Å²) in [5.74, 6) is 2.65. The molecule has 0 amide bonds. The van der Waals surface area contributed by atoms with E-state index < -0.39 is 0 Å². The van der Waals surface area contributed by atoms with E-state index in [1.165, 1.54) is 12.8 Å². The lowest BCUT2D eigenvalue weighted by molar-refractivity contribution is 0.404. The van der Waals surface area contributed by atoms with Gasteiger partial charge in [-0.05, 0) is 24.7 Å². The highest BCUT2D eigenvalue weighted by Gasteiger charge is 2.24. The SMILES string of the molecule is C=CCNC(=NC)N1CCC(CC(C)C)C1. The highest BCUT2D eigenvalue weighted by Crippen LogP contribution is 2.23. The average molecular weight is 223 g/mol. The van der Waals surface area contributed by atoms with Gasteiger partial charge in [0.05, 0.1) is 0 Å². The number of hydrogen-bond acceptors (Lipinski definition) is 1.